The van der Waals surface area contributed by atoms with Crippen LogP contribution in [0.4, 0.5) is 16.2 Å². The number of nitro benzene ring substituents is 1. The molecule has 1 fully saturated rings. The lowest BCUT2D eigenvalue weighted by Crippen LogP contribution is -2.46. The van der Waals surface area contributed by atoms with Gasteiger partial charge in [0.05, 0.1) is 4.92 Å². The maximum absolute atomic E-state index is 11.0. The number of benzene rings is 2. The Bertz CT molecular complexity index is 805. The highest BCUT2D eigenvalue weighted by Crippen LogP contribution is 2.27. The van der Waals surface area contributed by atoms with Gasteiger partial charge >= 0.3 is 6.09 Å². The third-order valence-corrected chi connectivity index (χ3v) is 4.67. The number of carboxylic acid groups (broad SMARTS) is 1. The number of nitro groups is 1. The van der Waals surface area contributed by atoms with Gasteiger partial charge in [0.15, 0.2) is 0 Å². The molecule has 27 heavy (non-hydrogen) atoms. The first-order chi connectivity index (χ1) is 13.0. The van der Waals surface area contributed by atoms with Gasteiger partial charge in [-0.3, -0.25) is 15.0 Å². The molecule has 0 bridgehead atoms. The molecular formula is C19H22N4O4. The quantitative estimate of drug-likeness (QED) is 0.599. The highest BCUT2D eigenvalue weighted by molar-refractivity contribution is 5.66. The summed E-state index contributed by atoms with van der Waals surface area (Å²) in [7, 11) is 0. The number of rotatable bonds is 6. The fraction of sp³-hybridized carbons (Fsp3) is 0.316. The van der Waals surface area contributed by atoms with Gasteiger partial charge in [-0.25, -0.2) is 4.79 Å². The van der Waals surface area contributed by atoms with E-state index < -0.39 is 11.0 Å². The molecule has 0 aliphatic carbocycles. The molecule has 0 saturated carbocycles. The van der Waals surface area contributed by atoms with E-state index in [1.807, 2.05) is 18.2 Å². The molecule has 2 aromatic rings. The van der Waals surface area contributed by atoms with Gasteiger partial charge in [0.1, 0.15) is 0 Å². The van der Waals surface area contributed by atoms with E-state index in [2.05, 4.69) is 27.2 Å². The fourth-order valence-electron chi connectivity index (χ4n) is 3.29. The van der Waals surface area contributed by atoms with Crippen molar-refractivity contribution in [3.63, 3.8) is 0 Å². The van der Waals surface area contributed by atoms with Crippen LogP contribution in [0, 0.1) is 10.1 Å². The number of nitrogens with one attached hydrogen (secondary N) is 1. The molecular weight excluding hydrogens is 348 g/mol. The van der Waals surface area contributed by atoms with Crippen LogP contribution in [0.2, 0.25) is 0 Å². The molecule has 0 spiro atoms. The Morgan fingerprint density at radius 3 is 2.44 bits per heavy atom. The Hall–Kier alpha value is -3.13. The maximum Gasteiger partial charge on any atom is 0.404 e. The molecule has 3 rings (SSSR count). The molecule has 0 radical (unpaired) electrons. The van der Waals surface area contributed by atoms with Crippen LogP contribution in [-0.2, 0) is 13.1 Å². The van der Waals surface area contributed by atoms with E-state index >= 15 is 0 Å². The molecule has 8 heteroatoms. The molecule has 1 heterocycles. The largest absolute Gasteiger partial charge is 0.465 e. The minimum absolute atomic E-state index is 0.0383. The second-order valence-corrected chi connectivity index (χ2v) is 6.48. The molecule has 0 aromatic heterocycles. The first kappa shape index (κ1) is 18.7. The molecule has 1 aliphatic heterocycles. The number of hydrogen-bond donors (Lipinski definition) is 2. The van der Waals surface area contributed by atoms with Gasteiger partial charge in [-0.15, -0.1) is 0 Å². The van der Waals surface area contributed by atoms with Crippen LogP contribution in [-0.4, -0.2) is 47.2 Å². The van der Waals surface area contributed by atoms with Crippen LogP contribution >= 0.6 is 0 Å². The van der Waals surface area contributed by atoms with Crippen molar-refractivity contribution in [2.45, 2.75) is 13.1 Å². The van der Waals surface area contributed by atoms with Gasteiger partial charge in [-0.2, -0.15) is 0 Å². The average Bonchev–Trinajstić information content (AvgIpc) is 2.67. The third-order valence-electron chi connectivity index (χ3n) is 4.67. The molecule has 1 amide bonds. The van der Waals surface area contributed by atoms with Crippen LogP contribution in [0.15, 0.2) is 48.5 Å². The van der Waals surface area contributed by atoms with Crippen LogP contribution in [0.5, 0.6) is 0 Å². The van der Waals surface area contributed by atoms with Crippen molar-refractivity contribution in [1.82, 2.24) is 10.2 Å². The summed E-state index contributed by atoms with van der Waals surface area (Å²) in [4.78, 5) is 25.9. The number of carbonyl (C=O) groups is 1. The smallest absolute Gasteiger partial charge is 0.404 e. The lowest BCUT2D eigenvalue weighted by atomic mass is 10.1. The molecule has 1 aliphatic rings. The number of piperazine rings is 1. The van der Waals surface area contributed by atoms with Crippen molar-refractivity contribution in [3.8, 4) is 0 Å². The van der Waals surface area contributed by atoms with Crippen LogP contribution in [0.25, 0.3) is 0 Å². The Morgan fingerprint density at radius 1 is 1.11 bits per heavy atom. The van der Waals surface area contributed by atoms with Gasteiger partial charge in [-0.05, 0) is 11.6 Å². The van der Waals surface area contributed by atoms with E-state index in [0.717, 1.165) is 38.4 Å². The summed E-state index contributed by atoms with van der Waals surface area (Å²) < 4.78 is 0. The lowest BCUT2D eigenvalue weighted by molar-refractivity contribution is -0.384. The predicted octanol–water partition coefficient (Wildman–Crippen LogP) is 2.68. The van der Waals surface area contributed by atoms with E-state index in [9.17, 15) is 14.9 Å². The Kier molecular flexibility index (Phi) is 5.87. The van der Waals surface area contributed by atoms with Gasteiger partial charge in [0.25, 0.3) is 5.69 Å². The summed E-state index contributed by atoms with van der Waals surface area (Å²) in [6.07, 6.45) is -1.15. The molecule has 2 N–H and O–H groups in total. The second kappa shape index (κ2) is 8.50. The number of hydrogen-bond acceptors (Lipinski definition) is 5. The first-order valence-corrected chi connectivity index (χ1v) is 8.78. The van der Waals surface area contributed by atoms with Crippen molar-refractivity contribution >= 4 is 17.5 Å². The summed E-state index contributed by atoms with van der Waals surface area (Å²) in [6.45, 7) is 4.24. The minimum atomic E-state index is -1.15. The summed E-state index contributed by atoms with van der Waals surface area (Å²) >= 11 is 0. The minimum Gasteiger partial charge on any atom is -0.465 e. The zero-order valence-corrected chi connectivity index (χ0v) is 14.9. The van der Waals surface area contributed by atoms with Crippen LogP contribution < -0.4 is 10.2 Å². The number of non-ortho nitro benzene ring substituents is 1. The number of amides is 1. The molecule has 1 saturated heterocycles. The van der Waals surface area contributed by atoms with E-state index in [1.54, 1.807) is 6.07 Å². The van der Waals surface area contributed by atoms with Crippen LogP contribution in [0.1, 0.15) is 11.1 Å². The summed E-state index contributed by atoms with van der Waals surface area (Å²) in [6, 6.07) is 14.9. The van der Waals surface area contributed by atoms with E-state index in [0.29, 0.717) is 5.56 Å². The standard InChI is InChI=1S/C19H22N4O4/c24-19(25)20-13-16-12-17(23(26)27)6-7-18(16)22-10-8-21(9-11-22)14-15-4-2-1-3-5-15/h1-7,12,20H,8-11,13-14H2,(H,24,25). The zero-order chi connectivity index (χ0) is 19.2. The average molecular weight is 370 g/mol. The van der Waals surface area contributed by atoms with E-state index in [-0.39, 0.29) is 12.2 Å². The highest BCUT2D eigenvalue weighted by Gasteiger charge is 2.21. The third kappa shape index (κ3) is 4.95. The van der Waals surface area contributed by atoms with E-state index in [4.69, 9.17) is 5.11 Å². The van der Waals surface area contributed by atoms with Gasteiger partial charge in [0.2, 0.25) is 0 Å². The van der Waals surface area contributed by atoms with Gasteiger partial charge in [-0.1, -0.05) is 30.3 Å². The van der Waals surface area contributed by atoms with Crippen LogP contribution in [0.3, 0.4) is 0 Å². The topological polar surface area (TPSA) is 98.9 Å². The molecule has 2 aromatic carbocycles. The first-order valence-electron chi connectivity index (χ1n) is 8.78. The summed E-state index contributed by atoms with van der Waals surface area (Å²) in [5, 5.41) is 22.2. The second-order valence-electron chi connectivity index (χ2n) is 6.48. The lowest BCUT2D eigenvalue weighted by Gasteiger charge is -2.37. The molecule has 8 nitrogen and oxygen atoms in total. The summed E-state index contributed by atoms with van der Waals surface area (Å²) in [5.74, 6) is 0. The molecule has 0 atom stereocenters. The van der Waals surface area contributed by atoms with Crippen molar-refractivity contribution < 1.29 is 14.8 Å². The van der Waals surface area contributed by atoms with Crippen molar-refractivity contribution in [1.29, 1.82) is 0 Å². The SMILES string of the molecule is O=C(O)NCc1cc([N+](=O)[O-])ccc1N1CCN(Cc2ccccc2)CC1. The maximum atomic E-state index is 11.0. The highest BCUT2D eigenvalue weighted by atomic mass is 16.6. The monoisotopic (exact) mass is 370 g/mol. The fourth-order valence-corrected chi connectivity index (χ4v) is 3.29. The normalized spacial score (nSPS) is 14.7. The molecule has 142 valence electrons. The predicted molar refractivity (Wildman–Crippen MR) is 102 cm³/mol. The van der Waals surface area contributed by atoms with Gasteiger partial charge < -0.3 is 15.3 Å². The zero-order valence-electron chi connectivity index (χ0n) is 14.9. The number of nitrogens with zero attached hydrogens (tertiary/aromatic N) is 3. The Morgan fingerprint density at radius 2 is 1.81 bits per heavy atom. The van der Waals surface area contributed by atoms with E-state index in [1.165, 1.54) is 17.7 Å². The van der Waals surface area contributed by atoms with Crippen molar-refractivity contribution in [2.24, 2.45) is 0 Å². The number of anilines is 1. The van der Waals surface area contributed by atoms with Gasteiger partial charge in [0, 0.05) is 62.7 Å². The Labute approximate surface area is 157 Å². The summed E-state index contributed by atoms with van der Waals surface area (Å²) in [5.41, 5.74) is 2.69. The van der Waals surface area contributed by atoms with Crippen molar-refractivity contribution in [3.05, 3.63) is 69.8 Å². The van der Waals surface area contributed by atoms with Crippen molar-refractivity contribution in [2.75, 3.05) is 31.1 Å². The Balaban J connectivity index is 1.69. The molecule has 0 unspecified atom stereocenters.